The van der Waals surface area contributed by atoms with Gasteiger partial charge in [0.2, 0.25) is 0 Å². The number of carbonyl (C=O) groups excluding carboxylic acids is 1. The van der Waals surface area contributed by atoms with Crippen LogP contribution < -0.4 is 9.47 Å². The fourth-order valence-corrected chi connectivity index (χ4v) is 6.64. The van der Waals surface area contributed by atoms with Gasteiger partial charge in [0.25, 0.3) is 5.91 Å². The van der Waals surface area contributed by atoms with Crippen molar-refractivity contribution in [1.82, 2.24) is 9.21 Å². The molecule has 1 saturated heterocycles. The lowest BCUT2D eigenvalue weighted by Gasteiger charge is -2.39. The molecule has 0 aromatic heterocycles. The molecule has 1 aliphatic carbocycles. The fourth-order valence-electron chi connectivity index (χ4n) is 5.73. The highest BCUT2D eigenvalue weighted by molar-refractivity contribution is 7.88. The second kappa shape index (κ2) is 7.50. The van der Waals surface area contributed by atoms with Crippen molar-refractivity contribution in [2.75, 3.05) is 27.8 Å². The van der Waals surface area contributed by atoms with E-state index in [4.69, 9.17) is 9.47 Å². The van der Waals surface area contributed by atoms with Crippen molar-refractivity contribution in [3.8, 4) is 11.5 Å². The molecule has 2 aliphatic heterocycles. The molecule has 2 fully saturated rings. The van der Waals surface area contributed by atoms with Crippen LogP contribution in [-0.4, -0.2) is 63.1 Å². The SMILES string of the molecule is COc1ccc(C2=NS(=O)(=O)N(C)C(C(=O)N3C[C@@]4(C)C[C@H]3CC(C)(C)C4)=C2)cc1OC. The van der Waals surface area contributed by atoms with Crippen molar-refractivity contribution in [3.05, 3.63) is 35.5 Å². The first-order valence-corrected chi connectivity index (χ1v) is 12.1. The van der Waals surface area contributed by atoms with Gasteiger partial charge in [-0.25, -0.2) is 4.31 Å². The van der Waals surface area contributed by atoms with E-state index in [0.717, 1.165) is 23.6 Å². The van der Waals surface area contributed by atoms with E-state index in [-0.39, 0.29) is 34.2 Å². The van der Waals surface area contributed by atoms with Crippen molar-refractivity contribution >= 4 is 21.8 Å². The molecule has 32 heavy (non-hydrogen) atoms. The summed E-state index contributed by atoms with van der Waals surface area (Å²) >= 11 is 0. The van der Waals surface area contributed by atoms with E-state index in [1.165, 1.54) is 21.3 Å². The predicted octanol–water partition coefficient (Wildman–Crippen LogP) is 2.99. The van der Waals surface area contributed by atoms with E-state index in [2.05, 4.69) is 25.2 Å². The van der Waals surface area contributed by atoms with Gasteiger partial charge in [0.05, 0.1) is 19.9 Å². The Morgan fingerprint density at radius 1 is 1.12 bits per heavy atom. The molecule has 1 amide bonds. The Bertz CT molecular complexity index is 1120. The minimum absolute atomic E-state index is 0.0506. The highest BCUT2D eigenvalue weighted by atomic mass is 32.2. The first kappa shape index (κ1) is 22.6. The van der Waals surface area contributed by atoms with Gasteiger partial charge in [-0.3, -0.25) is 4.79 Å². The van der Waals surface area contributed by atoms with Crippen molar-refractivity contribution in [1.29, 1.82) is 0 Å². The average Bonchev–Trinajstić information content (AvgIpc) is 2.97. The maximum Gasteiger partial charge on any atom is 0.345 e. The van der Waals surface area contributed by atoms with Crippen LogP contribution in [0.3, 0.4) is 0 Å². The Labute approximate surface area is 190 Å². The van der Waals surface area contributed by atoms with Crippen molar-refractivity contribution in [2.24, 2.45) is 15.2 Å². The van der Waals surface area contributed by atoms with E-state index in [1.54, 1.807) is 24.3 Å². The zero-order chi connectivity index (χ0) is 23.5. The van der Waals surface area contributed by atoms with Crippen LogP contribution in [0, 0.1) is 10.8 Å². The number of fused-ring (bicyclic) bond motifs is 2. The third kappa shape index (κ3) is 3.87. The number of ether oxygens (including phenoxy) is 2. The first-order chi connectivity index (χ1) is 14.9. The summed E-state index contributed by atoms with van der Waals surface area (Å²) in [6.07, 6.45) is 4.46. The van der Waals surface area contributed by atoms with Gasteiger partial charge in [-0.1, -0.05) is 20.8 Å². The van der Waals surface area contributed by atoms with Gasteiger partial charge in [0.15, 0.2) is 11.5 Å². The third-order valence-corrected chi connectivity index (χ3v) is 8.06. The molecule has 174 valence electrons. The summed E-state index contributed by atoms with van der Waals surface area (Å²) in [5.74, 6) is 0.706. The summed E-state index contributed by atoms with van der Waals surface area (Å²) in [5, 5.41) is 0. The van der Waals surface area contributed by atoms with E-state index in [1.807, 2.05) is 4.90 Å². The Balaban J connectivity index is 1.72. The molecule has 2 bridgehead atoms. The number of amides is 1. The second-order valence-corrected chi connectivity index (χ2v) is 11.8. The highest BCUT2D eigenvalue weighted by Gasteiger charge is 2.52. The third-order valence-electron chi connectivity index (χ3n) is 6.75. The van der Waals surface area contributed by atoms with Crippen molar-refractivity contribution in [2.45, 2.75) is 46.1 Å². The summed E-state index contributed by atoms with van der Waals surface area (Å²) in [5.41, 5.74) is 1.03. The molecule has 0 N–H and O–H groups in total. The fraction of sp³-hybridized carbons (Fsp3) is 0.565. The van der Waals surface area contributed by atoms with Gasteiger partial charge in [-0.15, -0.1) is 4.40 Å². The van der Waals surface area contributed by atoms with Crippen LogP contribution >= 0.6 is 0 Å². The number of hydrogen-bond donors (Lipinski definition) is 0. The molecule has 1 saturated carbocycles. The molecule has 2 heterocycles. The van der Waals surface area contributed by atoms with Gasteiger partial charge in [-0.05, 0) is 54.4 Å². The molecular formula is C23H31N3O5S. The van der Waals surface area contributed by atoms with Crippen LogP contribution in [-0.2, 0) is 15.0 Å². The maximum atomic E-state index is 13.6. The van der Waals surface area contributed by atoms with Crippen LogP contribution in [0.15, 0.2) is 34.4 Å². The molecule has 2 atom stereocenters. The molecule has 1 aromatic rings. The number of benzene rings is 1. The number of carbonyl (C=O) groups is 1. The largest absolute Gasteiger partial charge is 0.493 e. The highest BCUT2D eigenvalue weighted by Crippen LogP contribution is 2.52. The molecular weight excluding hydrogens is 430 g/mol. The number of allylic oxidation sites excluding steroid dienone is 1. The van der Waals surface area contributed by atoms with Gasteiger partial charge in [0.1, 0.15) is 5.70 Å². The first-order valence-electron chi connectivity index (χ1n) is 10.7. The quantitative estimate of drug-likeness (QED) is 0.688. The molecule has 4 rings (SSSR count). The van der Waals surface area contributed by atoms with Crippen LogP contribution in [0.2, 0.25) is 0 Å². The summed E-state index contributed by atoms with van der Waals surface area (Å²) in [6, 6.07) is 5.15. The standard InChI is InChI=1S/C23H31N3O5S/c1-22(2)11-16-12-23(3,13-22)14-26(16)21(27)18-10-17(24-32(28,29)25(18)4)15-7-8-19(30-5)20(9-15)31-6/h7-10,16H,11-14H2,1-6H3/t16-,23+/m1/s1. The normalized spacial score (nSPS) is 28.1. The molecule has 0 radical (unpaired) electrons. The number of likely N-dealkylation sites (tertiary alicyclic amines) is 1. The lowest BCUT2D eigenvalue weighted by Crippen LogP contribution is -2.43. The molecule has 1 aromatic carbocycles. The molecule has 9 heteroatoms. The number of methoxy groups -OCH3 is 2. The summed E-state index contributed by atoms with van der Waals surface area (Å²) in [7, 11) is 0.367. The summed E-state index contributed by atoms with van der Waals surface area (Å²) in [4.78, 5) is 15.5. The Hall–Kier alpha value is -2.55. The number of likely N-dealkylation sites (N-methyl/N-ethyl adjacent to an activating group) is 1. The number of nitrogens with zero attached hydrogens (tertiary/aromatic N) is 3. The maximum absolute atomic E-state index is 13.6. The zero-order valence-electron chi connectivity index (χ0n) is 19.5. The Kier molecular flexibility index (Phi) is 5.31. The van der Waals surface area contributed by atoms with Crippen molar-refractivity contribution in [3.63, 3.8) is 0 Å². The molecule has 0 unspecified atom stereocenters. The monoisotopic (exact) mass is 461 g/mol. The van der Waals surface area contributed by atoms with Crippen LogP contribution in [0.25, 0.3) is 0 Å². The van der Waals surface area contributed by atoms with Crippen LogP contribution in [0.5, 0.6) is 11.5 Å². The Morgan fingerprint density at radius 3 is 2.47 bits per heavy atom. The molecule has 0 spiro atoms. The van der Waals surface area contributed by atoms with Gasteiger partial charge in [-0.2, -0.15) is 8.42 Å². The van der Waals surface area contributed by atoms with E-state index in [0.29, 0.717) is 23.6 Å². The van der Waals surface area contributed by atoms with E-state index in [9.17, 15) is 13.2 Å². The van der Waals surface area contributed by atoms with Gasteiger partial charge in [0, 0.05) is 25.2 Å². The Morgan fingerprint density at radius 2 is 1.81 bits per heavy atom. The summed E-state index contributed by atoms with van der Waals surface area (Å²) < 4.78 is 41.2. The minimum atomic E-state index is -4.04. The zero-order valence-corrected chi connectivity index (χ0v) is 20.3. The lowest BCUT2D eigenvalue weighted by molar-refractivity contribution is -0.129. The smallest absolute Gasteiger partial charge is 0.345 e. The topological polar surface area (TPSA) is 88.5 Å². The lowest BCUT2D eigenvalue weighted by atomic mass is 9.65. The predicted molar refractivity (Wildman–Crippen MR) is 122 cm³/mol. The van der Waals surface area contributed by atoms with E-state index < -0.39 is 10.2 Å². The van der Waals surface area contributed by atoms with E-state index >= 15 is 0 Å². The summed E-state index contributed by atoms with van der Waals surface area (Å²) in [6.45, 7) is 7.34. The van der Waals surface area contributed by atoms with Crippen molar-refractivity contribution < 1.29 is 22.7 Å². The van der Waals surface area contributed by atoms with Crippen LogP contribution in [0.4, 0.5) is 0 Å². The molecule has 3 aliphatic rings. The van der Waals surface area contributed by atoms with Gasteiger partial charge < -0.3 is 14.4 Å². The number of rotatable bonds is 4. The molecule has 8 nitrogen and oxygen atoms in total. The van der Waals surface area contributed by atoms with Gasteiger partial charge >= 0.3 is 10.2 Å². The van der Waals surface area contributed by atoms with Crippen LogP contribution in [0.1, 0.15) is 45.6 Å². The average molecular weight is 462 g/mol. The number of hydrogen-bond acceptors (Lipinski definition) is 5. The minimum Gasteiger partial charge on any atom is -0.493 e. The second-order valence-electron chi connectivity index (χ2n) is 10.2.